The summed E-state index contributed by atoms with van der Waals surface area (Å²) in [6, 6.07) is 26.7. The van der Waals surface area contributed by atoms with E-state index in [-0.39, 0.29) is 12.5 Å². The van der Waals surface area contributed by atoms with E-state index >= 15 is 0 Å². The fourth-order valence-electron chi connectivity index (χ4n) is 2.62. The van der Waals surface area contributed by atoms with Gasteiger partial charge in [0, 0.05) is 0 Å². The van der Waals surface area contributed by atoms with E-state index in [0.29, 0.717) is 10.9 Å². The molecule has 0 aliphatic carbocycles. The van der Waals surface area contributed by atoms with Gasteiger partial charge in [0.15, 0.2) is 11.7 Å². The molecule has 26 heavy (non-hydrogen) atoms. The molecule has 0 aliphatic rings. The van der Waals surface area contributed by atoms with Crippen molar-refractivity contribution in [3.63, 3.8) is 0 Å². The molecule has 4 aromatic rings. The van der Waals surface area contributed by atoms with Crippen molar-refractivity contribution in [3.8, 4) is 5.75 Å². The Morgan fingerprint density at radius 3 is 2.27 bits per heavy atom. The molecule has 0 spiro atoms. The van der Waals surface area contributed by atoms with Gasteiger partial charge in [0.05, 0.1) is 15.9 Å². The van der Waals surface area contributed by atoms with Crippen LogP contribution in [0.3, 0.4) is 0 Å². The zero-order chi connectivity index (χ0) is 17.8. The monoisotopic (exact) mass is 360 g/mol. The molecule has 5 heteroatoms. The molecule has 0 saturated carbocycles. The van der Waals surface area contributed by atoms with Crippen LogP contribution >= 0.6 is 11.3 Å². The van der Waals surface area contributed by atoms with E-state index in [0.717, 1.165) is 15.9 Å². The Labute approximate surface area is 155 Å². The second-order valence-corrected chi connectivity index (χ2v) is 6.64. The van der Waals surface area contributed by atoms with Crippen molar-refractivity contribution in [2.45, 2.75) is 0 Å². The summed E-state index contributed by atoms with van der Waals surface area (Å²) in [5, 5.41) is 0.638. The molecule has 4 rings (SSSR count). The number of anilines is 2. The standard InChI is InChI=1S/C21H16N2O2S/c24-20(15-25-17-11-5-2-6-12-17)23(16-9-3-1-4-10-16)21-22-18-13-7-8-14-19(18)26-21/h1-14H,15H2. The summed E-state index contributed by atoms with van der Waals surface area (Å²) in [4.78, 5) is 19.2. The van der Waals surface area contributed by atoms with Crippen LogP contribution in [0.15, 0.2) is 84.9 Å². The predicted octanol–water partition coefficient (Wildman–Crippen LogP) is 5.04. The van der Waals surface area contributed by atoms with Crippen molar-refractivity contribution in [2.24, 2.45) is 0 Å². The third-order valence-electron chi connectivity index (χ3n) is 3.84. The van der Waals surface area contributed by atoms with Crippen LogP contribution in [0, 0.1) is 0 Å². The molecule has 0 radical (unpaired) electrons. The van der Waals surface area contributed by atoms with Crippen LogP contribution in [0.2, 0.25) is 0 Å². The Kier molecular flexibility index (Phi) is 4.62. The highest BCUT2D eigenvalue weighted by Crippen LogP contribution is 2.33. The minimum absolute atomic E-state index is 0.0607. The fourth-order valence-corrected chi connectivity index (χ4v) is 3.62. The number of rotatable bonds is 5. The van der Waals surface area contributed by atoms with Gasteiger partial charge in [-0.3, -0.25) is 9.69 Å². The molecule has 0 unspecified atom stereocenters. The average Bonchev–Trinajstić information content (AvgIpc) is 3.12. The summed E-state index contributed by atoms with van der Waals surface area (Å²) in [6.45, 7) is -0.0607. The normalized spacial score (nSPS) is 10.6. The van der Waals surface area contributed by atoms with Crippen molar-refractivity contribution in [1.82, 2.24) is 4.98 Å². The van der Waals surface area contributed by atoms with Gasteiger partial charge in [-0.1, -0.05) is 59.9 Å². The molecule has 0 fully saturated rings. The van der Waals surface area contributed by atoms with E-state index in [1.54, 1.807) is 4.90 Å². The van der Waals surface area contributed by atoms with Crippen LogP contribution in [-0.4, -0.2) is 17.5 Å². The van der Waals surface area contributed by atoms with E-state index in [1.807, 2.05) is 84.9 Å². The molecule has 0 saturated heterocycles. The molecule has 128 valence electrons. The SMILES string of the molecule is O=C(COc1ccccc1)N(c1ccccc1)c1nc2ccccc2s1. The van der Waals surface area contributed by atoms with E-state index < -0.39 is 0 Å². The molecule has 0 N–H and O–H groups in total. The highest BCUT2D eigenvalue weighted by Gasteiger charge is 2.22. The number of carbonyl (C=O) groups excluding carboxylic acids is 1. The summed E-state index contributed by atoms with van der Waals surface area (Å²) in [6.07, 6.45) is 0. The number of hydrogen-bond donors (Lipinski definition) is 0. The van der Waals surface area contributed by atoms with Crippen LogP contribution in [0.4, 0.5) is 10.8 Å². The zero-order valence-electron chi connectivity index (χ0n) is 13.9. The highest BCUT2D eigenvalue weighted by atomic mass is 32.1. The molecular formula is C21H16N2O2S. The summed E-state index contributed by atoms with van der Waals surface area (Å²) >= 11 is 1.49. The third kappa shape index (κ3) is 3.43. The van der Waals surface area contributed by atoms with Gasteiger partial charge in [0.25, 0.3) is 5.91 Å². The number of amides is 1. The van der Waals surface area contributed by atoms with E-state index in [9.17, 15) is 4.79 Å². The van der Waals surface area contributed by atoms with Gasteiger partial charge in [-0.2, -0.15) is 0 Å². The first-order chi connectivity index (χ1) is 12.8. The van der Waals surface area contributed by atoms with Gasteiger partial charge in [0.1, 0.15) is 5.75 Å². The van der Waals surface area contributed by atoms with E-state index in [1.165, 1.54) is 11.3 Å². The smallest absolute Gasteiger partial charge is 0.271 e. The topological polar surface area (TPSA) is 42.4 Å². The number of benzene rings is 3. The molecule has 0 bridgehead atoms. The molecule has 1 heterocycles. The van der Waals surface area contributed by atoms with Gasteiger partial charge in [-0.25, -0.2) is 4.98 Å². The lowest BCUT2D eigenvalue weighted by atomic mass is 10.3. The molecular weight excluding hydrogens is 344 g/mol. The first-order valence-electron chi connectivity index (χ1n) is 8.23. The number of thiazole rings is 1. The van der Waals surface area contributed by atoms with Crippen molar-refractivity contribution in [1.29, 1.82) is 0 Å². The van der Waals surface area contributed by atoms with Crippen LogP contribution in [0.5, 0.6) is 5.75 Å². The van der Waals surface area contributed by atoms with Crippen LogP contribution in [0.1, 0.15) is 0 Å². The summed E-state index contributed by atoms with van der Waals surface area (Å²) in [5.74, 6) is 0.497. The number of nitrogens with zero attached hydrogens (tertiary/aromatic N) is 2. The second kappa shape index (κ2) is 7.37. The van der Waals surface area contributed by atoms with Crippen LogP contribution in [0.25, 0.3) is 10.2 Å². The third-order valence-corrected chi connectivity index (χ3v) is 4.86. The van der Waals surface area contributed by atoms with E-state index in [4.69, 9.17) is 4.74 Å². The predicted molar refractivity (Wildman–Crippen MR) is 105 cm³/mol. The minimum Gasteiger partial charge on any atom is -0.484 e. The van der Waals surface area contributed by atoms with Gasteiger partial charge in [0.2, 0.25) is 0 Å². The number of para-hydroxylation sites is 3. The Hall–Kier alpha value is -3.18. The first-order valence-corrected chi connectivity index (χ1v) is 9.04. The summed E-state index contributed by atoms with van der Waals surface area (Å²) in [7, 11) is 0. The van der Waals surface area contributed by atoms with Crippen LogP contribution < -0.4 is 9.64 Å². The number of aromatic nitrogens is 1. The lowest BCUT2D eigenvalue weighted by Gasteiger charge is -2.20. The zero-order valence-corrected chi connectivity index (χ0v) is 14.7. The average molecular weight is 360 g/mol. The molecule has 0 aliphatic heterocycles. The van der Waals surface area contributed by atoms with Gasteiger partial charge < -0.3 is 4.74 Å². The Balaban J connectivity index is 1.65. The number of ether oxygens (including phenoxy) is 1. The van der Waals surface area contributed by atoms with Crippen molar-refractivity contribution >= 4 is 38.3 Å². The van der Waals surface area contributed by atoms with E-state index in [2.05, 4.69) is 4.98 Å². The first kappa shape index (κ1) is 16.3. The lowest BCUT2D eigenvalue weighted by molar-refractivity contribution is -0.119. The molecule has 3 aromatic carbocycles. The Morgan fingerprint density at radius 2 is 1.54 bits per heavy atom. The fraction of sp³-hybridized carbons (Fsp3) is 0.0476. The molecule has 4 nitrogen and oxygen atoms in total. The van der Waals surface area contributed by atoms with Crippen molar-refractivity contribution in [2.75, 3.05) is 11.5 Å². The quantitative estimate of drug-likeness (QED) is 0.501. The van der Waals surface area contributed by atoms with Crippen molar-refractivity contribution in [3.05, 3.63) is 84.9 Å². The second-order valence-electron chi connectivity index (χ2n) is 5.63. The largest absolute Gasteiger partial charge is 0.484 e. The Morgan fingerprint density at radius 1 is 0.885 bits per heavy atom. The van der Waals surface area contributed by atoms with Gasteiger partial charge in [-0.15, -0.1) is 0 Å². The lowest BCUT2D eigenvalue weighted by Crippen LogP contribution is -2.30. The summed E-state index contributed by atoms with van der Waals surface area (Å²) in [5.41, 5.74) is 1.65. The highest BCUT2D eigenvalue weighted by molar-refractivity contribution is 7.22. The number of fused-ring (bicyclic) bond motifs is 1. The Bertz CT molecular complexity index is 983. The maximum absolute atomic E-state index is 13.0. The van der Waals surface area contributed by atoms with Crippen LogP contribution in [-0.2, 0) is 4.79 Å². The van der Waals surface area contributed by atoms with Gasteiger partial charge >= 0.3 is 0 Å². The van der Waals surface area contributed by atoms with Gasteiger partial charge in [-0.05, 0) is 36.4 Å². The maximum atomic E-state index is 13.0. The number of hydrogen-bond acceptors (Lipinski definition) is 4. The minimum atomic E-state index is -0.167. The summed E-state index contributed by atoms with van der Waals surface area (Å²) < 4.78 is 6.69. The number of carbonyl (C=O) groups is 1. The molecule has 1 amide bonds. The maximum Gasteiger partial charge on any atom is 0.271 e. The molecule has 0 atom stereocenters. The molecule has 1 aromatic heterocycles. The van der Waals surface area contributed by atoms with Crippen molar-refractivity contribution < 1.29 is 9.53 Å².